The second-order valence-electron chi connectivity index (χ2n) is 6.56. The zero-order valence-corrected chi connectivity index (χ0v) is 16.9. The van der Waals surface area contributed by atoms with Crippen molar-refractivity contribution in [1.29, 1.82) is 0 Å². The van der Waals surface area contributed by atoms with E-state index in [-0.39, 0.29) is 47.5 Å². The molecule has 0 bridgehead atoms. The lowest BCUT2D eigenvalue weighted by Gasteiger charge is -2.46. The highest BCUT2D eigenvalue weighted by atomic mass is 127. The number of fused-ring (bicyclic) bond motifs is 2. The van der Waals surface area contributed by atoms with Gasteiger partial charge in [0.2, 0.25) is 17.1 Å². The van der Waals surface area contributed by atoms with Gasteiger partial charge in [-0.05, 0) is 6.92 Å². The van der Waals surface area contributed by atoms with Gasteiger partial charge in [0.15, 0.2) is 0 Å². The van der Waals surface area contributed by atoms with Gasteiger partial charge in [0.05, 0.1) is 25.1 Å². The summed E-state index contributed by atoms with van der Waals surface area (Å²) < 4.78 is 3.86. The molecule has 25 heavy (non-hydrogen) atoms. The van der Waals surface area contributed by atoms with Crippen molar-refractivity contribution in [3.8, 4) is 0 Å². The van der Waals surface area contributed by atoms with Crippen LogP contribution < -0.4 is 28.5 Å². The van der Waals surface area contributed by atoms with Crippen LogP contribution in [0.5, 0.6) is 0 Å². The number of aliphatic hydroxyl groups is 1. The molecular formula is C16H18IN3O4S. The van der Waals surface area contributed by atoms with Gasteiger partial charge < -0.3 is 39.1 Å². The third-order valence-corrected chi connectivity index (χ3v) is 5.94. The molecule has 1 fully saturated rings. The van der Waals surface area contributed by atoms with Crippen LogP contribution in [0.25, 0.3) is 10.4 Å². The molecule has 2 aromatic rings. The average molecular weight is 475 g/mol. The predicted molar refractivity (Wildman–Crippen MR) is 86.0 cm³/mol. The number of carbonyl (C=O) groups excluding carboxylic acids is 1. The van der Waals surface area contributed by atoms with Crippen molar-refractivity contribution in [3.63, 3.8) is 0 Å². The number of β-lactam (4-membered cyclic amide) rings is 1. The Labute approximate surface area is 165 Å². The highest BCUT2D eigenvalue weighted by Gasteiger charge is 2.60. The Morgan fingerprint density at radius 2 is 2.12 bits per heavy atom. The number of nitrogens with zero attached hydrogens (tertiary/aromatic N) is 3. The third-order valence-electron chi connectivity index (χ3n) is 5.05. The maximum atomic E-state index is 12.4. The molecule has 0 saturated carbocycles. The third kappa shape index (κ3) is 2.36. The Kier molecular flexibility index (Phi) is 4.44. The molecule has 1 amide bonds. The molecule has 0 spiro atoms. The van der Waals surface area contributed by atoms with Crippen molar-refractivity contribution in [2.24, 2.45) is 18.9 Å². The van der Waals surface area contributed by atoms with Crippen LogP contribution in [0.15, 0.2) is 23.6 Å². The fourth-order valence-corrected chi connectivity index (χ4v) is 5.01. The van der Waals surface area contributed by atoms with Crippen molar-refractivity contribution in [2.75, 3.05) is 0 Å². The highest BCUT2D eigenvalue weighted by molar-refractivity contribution is 7.15. The number of carboxylic acids is 1. The first-order valence-electron chi connectivity index (χ1n) is 7.76. The molecule has 0 aromatic carbocycles. The Hall–Kier alpha value is -1.46. The second-order valence-corrected chi connectivity index (χ2v) is 7.45. The molecule has 0 unspecified atom stereocenters. The van der Waals surface area contributed by atoms with E-state index in [0.717, 1.165) is 10.5 Å². The lowest BCUT2D eigenvalue weighted by atomic mass is 9.77. The zero-order chi connectivity index (χ0) is 17.3. The van der Waals surface area contributed by atoms with Gasteiger partial charge in [-0.2, -0.15) is 4.40 Å². The van der Waals surface area contributed by atoms with Gasteiger partial charge in [0.25, 0.3) is 0 Å². The predicted octanol–water partition coefficient (Wildman–Crippen LogP) is -2.52. The number of halogens is 1. The number of imidazole rings is 1. The van der Waals surface area contributed by atoms with Crippen molar-refractivity contribution in [3.05, 3.63) is 29.3 Å². The van der Waals surface area contributed by atoms with Crippen LogP contribution in [0.4, 0.5) is 0 Å². The molecule has 4 rings (SSSR count). The van der Waals surface area contributed by atoms with E-state index in [2.05, 4.69) is 0 Å². The number of hydrogen-bond donors (Lipinski definition) is 2. The number of carboxylic acid groups (broad SMARTS) is 1. The first kappa shape index (κ1) is 18.3. The summed E-state index contributed by atoms with van der Waals surface area (Å²) in [6, 6.07) is -0.294. The molecule has 1 saturated heterocycles. The SMILES string of the molecule is C[C@@H](O)[C@H]1C(=O)N2C(C(=O)O)=C(c3csc4c[n+](C)cn34)[C@H](C)[C@H]12.[I-]. The number of hydrogen-bond acceptors (Lipinski definition) is 4. The summed E-state index contributed by atoms with van der Waals surface area (Å²) >= 11 is 1.53. The largest absolute Gasteiger partial charge is 1.00 e. The van der Waals surface area contributed by atoms with Gasteiger partial charge in [-0.3, -0.25) is 4.79 Å². The van der Waals surface area contributed by atoms with Crippen LogP contribution in [-0.4, -0.2) is 43.5 Å². The van der Waals surface area contributed by atoms with E-state index < -0.39 is 18.0 Å². The maximum Gasteiger partial charge on any atom is 0.353 e. The summed E-state index contributed by atoms with van der Waals surface area (Å²) in [4.78, 5) is 26.6. The molecule has 134 valence electrons. The Bertz CT molecular complexity index is 916. The maximum absolute atomic E-state index is 12.4. The zero-order valence-electron chi connectivity index (χ0n) is 13.9. The van der Waals surface area contributed by atoms with Gasteiger partial charge in [-0.25, -0.2) is 9.36 Å². The van der Waals surface area contributed by atoms with E-state index in [1.807, 2.05) is 40.8 Å². The number of amides is 1. The monoisotopic (exact) mass is 475 g/mol. The molecule has 2 N–H and O–H groups in total. The minimum absolute atomic E-state index is 0. The van der Waals surface area contributed by atoms with Crippen molar-refractivity contribution in [1.82, 2.24) is 9.30 Å². The van der Waals surface area contributed by atoms with Gasteiger partial charge in [0.1, 0.15) is 17.6 Å². The molecule has 2 aliphatic rings. The smallest absolute Gasteiger partial charge is 0.353 e. The molecule has 0 aliphatic carbocycles. The van der Waals surface area contributed by atoms with Crippen LogP contribution in [0.1, 0.15) is 19.5 Å². The summed E-state index contributed by atoms with van der Waals surface area (Å²) in [5, 5.41) is 21.5. The molecule has 0 radical (unpaired) electrons. The number of carbonyl (C=O) groups is 2. The van der Waals surface area contributed by atoms with E-state index in [1.54, 1.807) is 6.92 Å². The normalized spacial score (nSPS) is 26.5. The first-order chi connectivity index (χ1) is 11.3. The number of aromatic nitrogens is 2. The first-order valence-corrected chi connectivity index (χ1v) is 8.64. The second kappa shape index (κ2) is 6.06. The summed E-state index contributed by atoms with van der Waals surface area (Å²) in [5.74, 6) is -2.10. The fourth-order valence-electron chi connectivity index (χ4n) is 4.05. The molecular weight excluding hydrogens is 457 g/mol. The Balaban J connectivity index is 0.00000182. The molecule has 9 heteroatoms. The van der Waals surface area contributed by atoms with E-state index in [0.29, 0.717) is 5.57 Å². The lowest BCUT2D eigenvalue weighted by molar-refractivity contribution is -0.669. The number of rotatable bonds is 3. The molecule has 2 aliphatic heterocycles. The molecule has 4 atom stereocenters. The summed E-state index contributed by atoms with van der Waals surface area (Å²) in [5.41, 5.74) is 1.50. The van der Waals surface area contributed by atoms with E-state index in [1.165, 1.54) is 16.2 Å². The van der Waals surface area contributed by atoms with E-state index >= 15 is 0 Å². The lowest BCUT2D eigenvalue weighted by Crippen LogP contribution is -3.00. The van der Waals surface area contributed by atoms with Crippen LogP contribution in [-0.2, 0) is 16.6 Å². The van der Waals surface area contributed by atoms with Gasteiger partial charge in [0, 0.05) is 16.9 Å². The molecule has 4 heterocycles. The number of aryl methyl sites for hydroxylation is 1. The van der Waals surface area contributed by atoms with E-state index in [9.17, 15) is 19.8 Å². The Morgan fingerprint density at radius 1 is 1.44 bits per heavy atom. The summed E-state index contributed by atoms with van der Waals surface area (Å²) in [6.45, 7) is 3.51. The quantitative estimate of drug-likeness (QED) is 0.292. The van der Waals surface area contributed by atoms with E-state index in [4.69, 9.17) is 0 Å². The van der Waals surface area contributed by atoms with Crippen molar-refractivity contribution in [2.45, 2.75) is 26.0 Å². The summed E-state index contributed by atoms with van der Waals surface area (Å²) in [7, 11) is 1.91. The summed E-state index contributed by atoms with van der Waals surface area (Å²) in [6.07, 6.45) is 3.07. The van der Waals surface area contributed by atoms with Crippen LogP contribution >= 0.6 is 11.3 Å². The fraction of sp³-hybridized carbons (Fsp3) is 0.438. The van der Waals surface area contributed by atoms with Crippen LogP contribution in [0.2, 0.25) is 0 Å². The average Bonchev–Trinajstić information content (AvgIpc) is 3.08. The standard InChI is InChI=1S/C16H17N3O4S.HI/c1-7-11(9-5-24-10-4-17(3)6-18(9)10)14(16(22)23)19-13(7)12(8(2)20)15(19)21;/h4-8,12-13,20H,1-3H3;1H/t7-,8+,12+,13+;/m0./s1. The number of thiazole rings is 1. The van der Waals surface area contributed by atoms with Crippen LogP contribution in [0.3, 0.4) is 0 Å². The highest BCUT2D eigenvalue weighted by Crippen LogP contribution is 2.50. The van der Waals surface area contributed by atoms with Gasteiger partial charge in [-0.15, -0.1) is 0 Å². The van der Waals surface area contributed by atoms with Crippen molar-refractivity contribution >= 4 is 33.6 Å². The van der Waals surface area contributed by atoms with Crippen molar-refractivity contribution < 1.29 is 48.3 Å². The van der Waals surface area contributed by atoms with Gasteiger partial charge in [-0.1, -0.05) is 18.3 Å². The number of aliphatic carboxylic acids is 1. The van der Waals surface area contributed by atoms with Crippen LogP contribution in [0, 0.1) is 11.8 Å². The topological polar surface area (TPSA) is 86.1 Å². The number of aliphatic hydroxyl groups excluding tert-OH is 1. The minimum atomic E-state index is -1.10. The minimum Gasteiger partial charge on any atom is -1.00 e. The van der Waals surface area contributed by atoms with Gasteiger partial charge >= 0.3 is 5.97 Å². The molecule has 2 aromatic heterocycles. The Morgan fingerprint density at radius 3 is 2.72 bits per heavy atom. The molecule has 7 nitrogen and oxygen atoms in total.